The number of aromatic nitrogens is 3. The highest BCUT2D eigenvalue weighted by Gasteiger charge is 2.33. The SMILES string of the molecule is N=CC(=N)c1cnn(C2CCN(C(=O)N=Nc3cccc4c(O)n(C5CCC(=O)NC5=O)c(O)c34)CC2)c1. The van der Waals surface area contributed by atoms with E-state index in [9.17, 15) is 24.6 Å². The Morgan fingerprint density at radius 1 is 1.16 bits per heavy atom. The summed E-state index contributed by atoms with van der Waals surface area (Å²) in [6.07, 6.45) is 5.65. The lowest BCUT2D eigenvalue weighted by Gasteiger charge is -2.30. The Hall–Kier alpha value is -4.88. The smallest absolute Gasteiger partial charge is 0.362 e. The molecule has 4 heterocycles. The molecule has 2 aromatic heterocycles. The summed E-state index contributed by atoms with van der Waals surface area (Å²) in [6.45, 7) is 0.837. The lowest BCUT2D eigenvalue weighted by Crippen LogP contribution is -2.41. The number of azo groups is 1. The first-order chi connectivity index (χ1) is 18.3. The second-order valence-corrected chi connectivity index (χ2v) is 9.15. The van der Waals surface area contributed by atoms with Crippen molar-refractivity contribution in [3.8, 4) is 11.8 Å². The summed E-state index contributed by atoms with van der Waals surface area (Å²) in [6, 6.07) is 3.17. The third-order valence-electron chi connectivity index (χ3n) is 6.89. The molecule has 1 unspecified atom stereocenters. The van der Waals surface area contributed by atoms with E-state index in [-0.39, 0.29) is 46.9 Å². The fraction of sp³-hybridized carbons (Fsp3) is 0.333. The predicted octanol–water partition coefficient (Wildman–Crippen LogP) is 2.78. The van der Waals surface area contributed by atoms with Crippen LogP contribution in [0.2, 0.25) is 0 Å². The number of urea groups is 1. The van der Waals surface area contributed by atoms with E-state index in [0.717, 1.165) is 10.8 Å². The molecule has 3 aromatic rings. The molecule has 1 atom stereocenters. The molecule has 2 aliphatic heterocycles. The number of aromatic hydroxyl groups is 2. The van der Waals surface area contributed by atoms with Gasteiger partial charge in [0.25, 0.3) is 0 Å². The van der Waals surface area contributed by atoms with Crippen LogP contribution in [0.5, 0.6) is 11.8 Å². The van der Waals surface area contributed by atoms with Crippen LogP contribution < -0.4 is 5.32 Å². The number of hydrogen-bond acceptors (Lipinski definition) is 9. The number of hydrogen-bond donors (Lipinski definition) is 5. The third-order valence-corrected chi connectivity index (χ3v) is 6.89. The molecule has 2 saturated heterocycles. The number of imide groups is 1. The van der Waals surface area contributed by atoms with Crippen molar-refractivity contribution >= 4 is 46.2 Å². The predicted molar refractivity (Wildman–Crippen MR) is 134 cm³/mol. The maximum atomic E-state index is 12.7. The van der Waals surface area contributed by atoms with Gasteiger partial charge >= 0.3 is 6.03 Å². The highest BCUT2D eigenvalue weighted by atomic mass is 16.3. The Bertz CT molecular complexity index is 1500. The fourth-order valence-electron chi connectivity index (χ4n) is 4.86. The number of nitrogens with zero attached hydrogens (tertiary/aromatic N) is 6. The van der Waals surface area contributed by atoms with E-state index in [0.29, 0.717) is 31.5 Å². The van der Waals surface area contributed by atoms with Crippen molar-refractivity contribution in [2.24, 2.45) is 10.2 Å². The largest absolute Gasteiger partial charge is 0.494 e. The Labute approximate surface area is 215 Å². The van der Waals surface area contributed by atoms with Crippen molar-refractivity contribution in [1.82, 2.24) is 24.6 Å². The number of rotatable bonds is 5. The van der Waals surface area contributed by atoms with Gasteiger partial charge in [0.15, 0.2) is 0 Å². The molecule has 0 aliphatic carbocycles. The van der Waals surface area contributed by atoms with E-state index >= 15 is 0 Å². The average Bonchev–Trinajstić information content (AvgIpc) is 3.51. The fourth-order valence-corrected chi connectivity index (χ4v) is 4.86. The highest BCUT2D eigenvalue weighted by Crippen LogP contribution is 2.44. The van der Waals surface area contributed by atoms with Gasteiger partial charge in [0, 0.05) is 42.9 Å². The zero-order valence-corrected chi connectivity index (χ0v) is 20.2. The number of amides is 4. The molecular formula is C24H25N9O5. The van der Waals surface area contributed by atoms with Gasteiger partial charge in [-0.05, 0) is 31.4 Å². The highest BCUT2D eigenvalue weighted by molar-refractivity contribution is 6.35. The molecule has 2 aliphatic rings. The lowest BCUT2D eigenvalue weighted by atomic mass is 10.1. The topological polar surface area (TPSA) is 202 Å². The summed E-state index contributed by atoms with van der Waals surface area (Å²) in [7, 11) is 0. The Morgan fingerprint density at radius 2 is 1.92 bits per heavy atom. The van der Waals surface area contributed by atoms with Crippen LogP contribution in [0.25, 0.3) is 10.8 Å². The van der Waals surface area contributed by atoms with Crippen molar-refractivity contribution < 1.29 is 24.6 Å². The van der Waals surface area contributed by atoms with Crippen LogP contribution in [-0.4, -0.2) is 72.3 Å². The van der Waals surface area contributed by atoms with E-state index in [4.69, 9.17) is 10.8 Å². The quantitative estimate of drug-likeness (QED) is 0.195. The Balaban J connectivity index is 1.31. The van der Waals surface area contributed by atoms with Gasteiger partial charge in [-0.3, -0.25) is 29.6 Å². The summed E-state index contributed by atoms with van der Waals surface area (Å²) in [4.78, 5) is 38.1. The van der Waals surface area contributed by atoms with E-state index in [1.54, 1.807) is 34.1 Å². The molecule has 0 bridgehead atoms. The van der Waals surface area contributed by atoms with Gasteiger partial charge in [-0.15, -0.1) is 5.11 Å². The van der Waals surface area contributed by atoms with Crippen LogP contribution in [-0.2, 0) is 9.59 Å². The first-order valence-corrected chi connectivity index (χ1v) is 12.0. The molecule has 0 saturated carbocycles. The van der Waals surface area contributed by atoms with Crippen molar-refractivity contribution in [3.05, 3.63) is 36.2 Å². The minimum Gasteiger partial charge on any atom is -0.494 e. The van der Waals surface area contributed by atoms with Crippen LogP contribution in [0.15, 0.2) is 40.8 Å². The molecule has 0 spiro atoms. The zero-order valence-electron chi connectivity index (χ0n) is 20.2. The van der Waals surface area contributed by atoms with E-state index in [2.05, 4.69) is 20.6 Å². The average molecular weight is 520 g/mol. The van der Waals surface area contributed by atoms with Crippen molar-refractivity contribution in [2.45, 2.75) is 37.8 Å². The van der Waals surface area contributed by atoms with Gasteiger partial charge in [0.2, 0.25) is 23.6 Å². The number of piperidine rings is 2. The summed E-state index contributed by atoms with van der Waals surface area (Å²) >= 11 is 0. The van der Waals surface area contributed by atoms with Crippen LogP contribution in [0.3, 0.4) is 0 Å². The number of benzene rings is 1. The summed E-state index contributed by atoms with van der Waals surface area (Å²) < 4.78 is 2.81. The first-order valence-electron chi connectivity index (χ1n) is 12.0. The van der Waals surface area contributed by atoms with Gasteiger partial charge in [0.05, 0.1) is 29.0 Å². The van der Waals surface area contributed by atoms with Gasteiger partial charge in [0.1, 0.15) is 6.04 Å². The number of fused-ring (bicyclic) bond motifs is 1. The summed E-state index contributed by atoms with van der Waals surface area (Å²) in [5.41, 5.74) is 0.774. The van der Waals surface area contributed by atoms with Gasteiger partial charge in [-0.1, -0.05) is 11.2 Å². The van der Waals surface area contributed by atoms with E-state index in [1.165, 1.54) is 6.07 Å². The van der Waals surface area contributed by atoms with Gasteiger partial charge in [-0.25, -0.2) is 4.79 Å². The molecular weight excluding hydrogens is 494 g/mol. The van der Waals surface area contributed by atoms with E-state index in [1.807, 2.05) is 0 Å². The van der Waals surface area contributed by atoms with Crippen LogP contribution in [0, 0.1) is 10.8 Å². The Morgan fingerprint density at radius 3 is 2.63 bits per heavy atom. The lowest BCUT2D eigenvalue weighted by molar-refractivity contribution is -0.135. The van der Waals surface area contributed by atoms with E-state index < -0.39 is 29.8 Å². The molecule has 0 radical (unpaired) electrons. The number of carbonyl (C=O) groups is 3. The Kier molecular flexibility index (Phi) is 6.45. The van der Waals surface area contributed by atoms with Gasteiger partial charge < -0.3 is 20.5 Å². The summed E-state index contributed by atoms with van der Waals surface area (Å²) in [5, 5.41) is 51.3. The molecule has 2 fully saturated rings. The van der Waals surface area contributed by atoms with Crippen molar-refractivity contribution in [2.75, 3.05) is 13.1 Å². The molecule has 4 amide bonds. The molecule has 1 aromatic carbocycles. The van der Waals surface area contributed by atoms with Crippen molar-refractivity contribution in [3.63, 3.8) is 0 Å². The standard InChI is InChI=1S/C24H25N9O5/c25-10-16(26)13-11-27-32(12-13)14-6-8-31(9-7-14)24(38)30-29-17-3-1-2-15-20(17)23(37)33(22(15)36)18-4-5-19(34)28-21(18)35/h1-3,10-12,14,18,25-26,36-37H,4-9H2,(H,28,34,35). The second-order valence-electron chi connectivity index (χ2n) is 9.15. The third kappa shape index (κ3) is 4.40. The monoisotopic (exact) mass is 519 g/mol. The van der Waals surface area contributed by atoms with Crippen LogP contribution in [0.4, 0.5) is 10.5 Å². The molecule has 5 N–H and O–H groups in total. The van der Waals surface area contributed by atoms with Crippen LogP contribution >= 0.6 is 0 Å². The second kappa shape index (κ2) is 9.88. The number of likely N-dealkylation sites (tertiary alicyclic amines) is 1. The zero-order chi connectivity index (χ0) is 27.0. The maximum absolute atomic E-state index is 12.7. The van der Waals surface area contributed by atoms with Crippen molar-refractivity contribution in [1.29, 1.82) is 10.8 Å². The summed E-state index contributed by atoms with van der Waals surface area (Å²) in [5.74, 6) is -1.82. The molecule has 196 valence electrons. The van der Waals surface area contributed by atoms with Gasteiger partial charge in [-0.2, -0.15) is 5.10 Å². The minimum absolute atomic E-state index is 0.0454. The molecule has 5 rings (SSSR count). The normalized spacial score (nSPS) is 18.7. The molecule has 38 heavy (non-hydrogen) atoms. The molecule has 14 nitrogen and oxygen atoms in total. The van der Waals surface area contributed by atoms with Crippen LogP contribution in [0.1, 0.15) is 43.3 Å². The first kappa shape index (κ1) is 24.8. The molecule has 14 heteroatoms. The number of carbonyl (C=O) groups excluding carboxylic acids is 3. The minimum atomic E-state index is -0.977. The number of nitrogens with one attached hydrogen (secondary N) is 3. The maximum Gasteiger partial charge on any atom is 0.362 e.